The average molecular weight is 345 g/mol. The number of piperidine rings is 1. The minimum atomic E-state index is -0.925. The van der Waals surface area contributed by atoms with E-state index < -0.39 is 11.7 Å². The van der Waals surface area contributed by atoms with Crippen molar-refractivity contribution < 1.29 is 19.3 Å². The number of ether oxygens (including phenoxy) is 1. The fraction of sp³-hybridized carbons (Fsp3) is 0.400. The lowest BCUT2D eigenvalue weighted by Gasteiger charge is -2.39. The third kappa shape index (κ3) is 4.18. The molecule has 1 saturated heterocycles. The van der Waals surface area contributed by atoms with E-state index in [1.807, 2.05) is 24.3 Å². The van der Waals surface area contributed by atoms with Crippen LogP contribution in [-0.2, 0) is 5.60 Å². The van der Waals surface area contributed by atoms with Crippen LogP contribution in [0.15, 0.2) is 48.5 Å². The normalized spacial score (nSPS) is 18.7. The molecule has 3 rings (SSSR count). The highest BCUT2D eigenvalue weighted by molar-refractivity contribution is 5.30. The Bertz CT molecular complexity index is 696. The second-order valence-corrected chi connectivity index (χ2v) is 6.63. The molecule has 2 aromatic carbocycles. The van der Waals surface area contributed by atoms with Gasteiger partial charge in [0.1, 0.15) is 11.6 Å². The van der Waals surface area contributed by atoms with Gasteiger partial charge < -0.3 is 19.8 Å². The zero-order valence-electron chi connectivity index (χ0n) is 14.4. The van der Waals surface area contributed by atoms with Crippen molar-refractivity contribution in [1.82, 2.24) is 4.90 Å². The molecular weight excluding hydrogens is 321 g/mol. The Kier molecular flexibility index (Phi) is 5.37. The molecule has 1 atom stereocenters. The van der Waals surface area contributed by atoms with Crippen LogP contribution in [0.4, 0.5) is 4.39 Å². The number of hydrogen-bond donors (Lipinski definition) is 2. The monoisotopic (exact) mass is 345 g/mol. The Morgan fingerprint density at radius 1 is 1.16 bits per heavy atom. The summed E-state index contributed by atoms with van der Waals surface area (Å²) in [6.07, 6.45) is 0.513. The first-order valence-electron chi connectivity index (χ1n) is 8.53. The summed E-state index contributed by atoms with van der Waals surface area (Å²) < 4.78 is 18.3. The number of hydrogen-bond acceptors (Lipinski definition) is 4. The van der Waals surface area contributed by atoms with Gasteiger partial charge in [-0.05, 0) is 48.2 Å². The van der Waals surface area contributed by atoms with E-state index in [1.54, 1.807) is 19.2 Å². The number of benzene rings is 2. The first-order valence-corrected chi connectivity index (χ1v) is 8.53. The number of methoxy groups -OCH3 is 1. The summed E-state index contributed by atoms with van der Waals surface area (Å²) in [5.74, 6) is 0.423. The standard InChI is InChI=1S/C20H24FNO3/c1-25-18-4-2-3-15(13-18)19(23)14-22-11-9-20(24,10-12-22)16-5-7-17(21)8-6-16/h2-8,13,19,23-24H,9-12,14H2,1H3/t19-/m1/s1. The van der Waals surface area contributed by atoms with Gasteiger partial charge in [0, 0.05) is 19.6 Å². The van der Waals surface area contributed by atoms with Gasteiger partial charge in [0.2, 0.25) is 0 Å². The molecule has 25 heavy (non-hydrogen) atoms. The smallest absolute Gasteiger partial charge is 0.123 e. The van der Waals surface area contributed by atoms with E-state index in [0.29, 0.717) is 32.5 Å². The number of β-amino-alcohol motifs (C(OH)–C–C–N with tert-alkyl or cyclic N) is 1. The van der Waals surface area contributed by atoms with Crippen molar-refractivity contribution in [3.63, 3.8) is 0 Å². The van der Waals surface area contributed by atoms with Crippen molar-refractivity contribution in [3.05, 3.63) is 65.5 Å². The van der Waals surface area contributed by atoms with Crippen LogP contribution in [0, 0.1) is 5.82 Å². The van der Waals surface area contributed by atoms with E-state index >= 15 is 0 Å². The van der Waals surface area contributed by atoms with Crippen LogP contribution in [-0.4, -0.2) is 41.9 Å². The van der Waals surface area contributed by atoms with Crippen LogP contribution in [0.25, 0.3) is 0 Å². The molecule has 4 nitrogen and oxygen atoms in total. The number of nitrogens with zero attached hydrogens (tertiary/aromatic N) is 1. The van der Waals surface area contributed by atoms with Crippen molar-refractivity contribution in [3.8, 4) is 5.75 Å². The Balaban J connectivity index is 1.59. The van der Waals surface area contributed by atoms with E-state index in [0.717, 1.165) is 16.9 Å². The molecular formula is C20H24FNO3. The van der Waals surface area contributed by atoms with Gasteiger partial charge in [-0.1, -0.05) is 24.3 Å². The van der Waals surface area contributed by atoms with Crippen molar-refractivity contribution in [1.29, 1.82) is 0 Å². The second kappa shape index (κ2) is 7.52. The molecule has 0 radical (unpaired) electrons. The Labute approximate surface area is 147 Å². The lowest BCUT2D eigenvalue weighted by Crippen LogP contribution is -2.43. The summed E-state index contributed by atoms with van der Waals surface area (Å²) in [6, 6.07) is 13.5. The summed E-state index contributed by atoms with van der Waals surface area (Å²) in [5, 5.41) is 21.3. The number of aliphatic hydroxyl groups excluding tert-OH is 1. The van der Waals surface area contributed by atoms with Gasteiger partial charge in [0.25, 0.3) is 0 Å². The lowest BCUT2D eigenvalue weighted by atomic mass is 9.84. The van der Waals surface area contributed by atoms with E-state index in [1.165, 1.54) is 12.1 Å². The fourth-order valence-corrected chi connectivity index (χ4v) is 3.35. The molecule has 0 unspecified atom stereocenters. The summed E-state index contributed by atoms with van der Waals surface area (Å²) in [7, 11) is 1.60. The molecule has 1 fully saturated rings. The summed E-state index contributed by atoms with van der Waals surface area (Å²) in [5.41, 5.74) is 0.645. The Hall–Kier alpha value is -1.95. The molecule has 1 heterocycles. The summed E-state index contributed by atoms with van der Waals surface area (Å²) in [6.45, 7) is 1.86. The number of halogens is 1. The van der Waals surface area contributed by atoms with Gasteiger partial charge in [-0.2, -0.15) is 0 Å². The molecule has 1 aliphatic rings. The van der Waals surface area contributed by atoms with Crippen LogP contribution in [0.3, 0.4) is 0 Å². The number of likely N-dealkylation sites (tertiary alicyclic amines) is 1. The highest BCUT2D eigenvalue weighted by atomic mass is 19.1. The molecule has 2 N–H and O–H groups in total. The van der Waals surface area contributed by atoms with Crippen molar-refractivity contribution in [2.75, 3.05) is 26.7 Å². The average Bonchev–Trinajstić information content (AvgIpc) is 2.64. The SMILES string of the molecule is COc1cccc([C@H](O)CN2CCC(O)(c3ccc(F)cc3)CC2)c1. The van der Waals surface area contributed by atoms with Crippen molar-refractivity contribution in [2.24, 2.45) is 0 Å². The molecule has 0 bridgehead atoms. The Morgan fingerprint density at radius 2 is 1.84 bits per heavy atom. The van der Waals surface area contributed by atoms with Crippen LogP contribution in [0.5, 0.6) is 5.75 Å². The maximum absolute atomic E-state index is 13.1. The molecule has 0 aromatic heterocycles. The first kappa shape index (κ1) is 17.9. The van der Waals surface area contributed by atoms with Crippen LogP contribution >= 0.6 is 0 Å². The number of aliphatic hydroxyl groups is 2. The largest absolute Gasteiger partial charge is 0.497 e. The molecule has 1 aliphatic heterocycles. The molecule has 0 amide bonds. The predicted octanol–water partition coefficient (Wildman–Crippen LogP) is 2.85. The predicted molar refractivity (Wildman–Crippen MR) is 93.9 cm³/mol. The minimum absolute atomic E-state index is 0.300. The lowest BCUT2D eigenvalue weighted by molar-refractivity contribution is -0.0345. The van der Waals surface area contributed by atoms with Gasteiger partial charge in [-0.3, -0.25) is 0 Å². The van der Waals surface area contributed by atoms with Crippen molar-refractivity contribution in [2.45, 2.75) is 24.5 Å². The maximum Gasteiger partial charge on any atom is 0.123 e. The van der Waals surface area contributed by atoms with Crippen LogP contribution in [0.2, 0.25) is 0 Å². The summed E-state index contributed by atoms with van der Waals surface area (Å²) >= 11 is 0. The first-order chi connectivity index (χ1) is 12.0. The molecule has 5 heteroatoms. The zero-order chi connectivity index (χ0) is 17.9. The van der Waals surface area contributed by atoms with Gasteiger partial charge in [0.05, 0.1) is 18.8 Å². The molecule has 0 spiro atoms. The minimum Gasteiger partial charge on any atom is -0.497 e. The Morgan fingerprint density at radius 3 is 2.48 bits per heavy atom. The maximum atomic E-state index is 13.1. The molecule has 0 saturated carbocycles. The summed E-state index contributed by atoms with van der Waals surface area (Å²) in [4.78, 5) is 2.14. The third-order valence-corrected chi connectivity index (χ3v) is 4.97. The molecule has 0 aliphatic carbocycles. The van der Waals surface area contributed by atoms with Gasteiger partial charge in [-0.15, -0.1) is 0 Å². The third-order valence-electron chi connectivity index (χ3n) is 4.97. The van der Waals surface area contributed by atoms with E-state index in [2.05, 4.69) is 4.90 Å². The van der Waals surface area contributed by atoms with E-state index in [9.17, 15) is 14.6 Å². The highest BCUT2D eigenvalue weighted by Crippen LogP contribution is 2.33. The molecule has 134 valence electrons. The van der Waals surface area contributed by atoms with Crippen LogP contribution in [0.1, 0.15) is 30.1 Å². The van der Waals surface area contributed by atoms with Crippen LogP contribution < -0.4 is 4.74 Å². The fourth-order valence-electron chi connectivity index (χ4n) is 3.35. The van der Waals surface area contributed by atoms with Gasteiger partial charge in [0.15, 0.2) is 0 Å². The van der Waals surface area contributed by atoms with Crippen molar-refractivity contribution >= 4 is 0 Å². The zero-order valence-corrected chi connectivity index (χ0v) is 14.4. The number of rotatable bonds is 5. The quantitative estimate of drug-likeness (QED) is 0.875. The van der Waals surface area contributed by atoms with E-state index in [-0.39, 0.29) is 5.82 Å². The van der Waals surface area contributed by atoms with Gasteiger partial charge in [-0.25, -0.2) is 4.39 Å². The second-order valence-electron chi connectivity index (χ2n) is 6.63. The topological polar surface area (TPSA) is 52.9 Å². The highest BCUT2D eigenvalue weighted by Gasteiger charge is 2.34. The van der Waals surface area contributed by atoms with Gasteiger partial charge >= 0.3 is 0 Å². The molecule has 2 aromatic rings. The van der Waals surface area contributed by atoms with E-state index in [4.69, 9.17) is 4.74 Å².